The maximum absolute atomic E-state index is 11.9. The van der Waals surface area contributed by atoms with E-state index in [1.807, 2.05) is 0 Å². The number of benzene rings is 1. The van der Waals surface area contributed by atoms with Gasteiger partial charge in [0.1, 0.15) is 0 Å². The van der Waals surface area contributed by atoms with Gasteiger partial charge in [-0.1, -0.05) is 17.7 Å². The Kier molecular flexibility index (Phi) is 3.51. The van der Waals surface area contributed by atoms with Crippen molar-refractivity contribution in [1.82, 2.24) is 5.06 Å². The molecular formula is C11H11ClN2O4. The first kappa shape index (κ1) is 12.8. The molecule has 0 aliphatic carbocycles. The second-order valence-electron chi connectivity index (χ2n) is 3.85. The van der Waals surface area contributed by atoms with Crippen LogP contribution >= 0.6 is 11.6 Å². The molecule has 1 aromatic rings. The molecule has 1 aliphatic heterocycles. The third kappa shape index (κ3) is 2.45. The van der Waals surface area contributed by atoms with E-state index < -0.39 is 24.0 Å². The van der Waals surface area contributed by atoms with Crippen LogP contribution in [-0.2, 0) is 14.4 Å². The molecule has 96 valence electrons. The summed E-state index contributed by atoms with van der Waals surface area (Å²) in [5, 5.41) is 13.5. The molecule has 0 bridgehead atoms. The second kappa shape index (κ2) is 4.93. The number of hydroxylamine groups is 2. The monoisotopic (exact) mass is 270 g/mol. The summed E-state index contributed by atoms with van der Waals surface area (Å²) in [4.78, 5) is 27.9. The van der Waals surface area contributed by atoms with Crippen LogP contribution < -0.4 is 5.32 Å². The van der Waals surface area contributed by atoms with E-state index in [1.54, 1.807) is 18.2 Å². The molecular weight excluding hydrogens is 260 g/mol. The van der Waals surface area contributed by atoms with Gasteiger partial charge in [-0.05, 0) is 18.2 Å². The molecule has 0 aromatic heterocycles. The van der Waals surface area contributed by atoms with Crippen molar-refractivity contribution in [2.75, 3.05) is 12.4 Å². The first-order valence-electron chi connectivity index (χ1n) is 5.18. The van der Waals surface area contributed by atoms with Gasteiger partial charge in [-0.3, -0.25) is 4.79 Å². The molecule has 7 heteroatoms. The van der Waals surface area contributed by atoms with Gasteiger partial charge < -0.3 is 15.3 Å². The van der Waals surface area contributed by atoms with E-state index in [0.717, 1.165) is 5.06 Å². The zero-order chi connectivity index (χ0) is 13.3. The van der Waals surface area contributed by atoms with Crippen molar-refractivity contribution in [2.45, 2.75) is 6.23 Å². The molecule has 2 N–H and O–H groups in total. The number of hydrogen-bond acceptors (Lipinski definition) is 5. The van der Waals surface area contributed by atoms with Crippen molar-refractivity contribution < 1.29 is 19.5 Å². The number of aliphatic hydroxyl groups is 1. The zero-order valence-electron chi connectivity index (χ0n) is 9.46. The molecule has 2 rings (SSSR count). The van der Waals surface area contributed by atoms with Gasteiger partial charge in [-0.25, -0.2) is 4.79 Å². The highest BCUT2D eigenvalue weighted by molar-refractivity contribution is 6.30. The Balaban J connectivity index is 2.11. The van der Waals surface area contributed by atoms with Crippen LogP contribution in [0, 0.1) is 5.92 Å². The lowest BCUT2D eigenvalue weighted by Crippen LogP contribution is -2.37. The van der Waals surface area contributed by atoms with Crippen molar-refractivity contribution in [3.8, 4) is 0 Å². The lowest BCUT2D eigenvalue weighted by molar-refractivity contribution is -0.183. The van der Waals surface area contributed by atoms with Crippen molar-refractivity contribution in [3.05, 3.63) is 29.3 Å². The van der Waals surface area contributed by atoms with Gasteiger partial charge in [0.15, 0.2) is 12.1 Å². The van der Waals surface area contributed by atoms with Crippen LogP contribution in [0.15, 0.2) is 24.3 Å². The highest BCUT2D eigenvalue weighted by atomic mass is 35.5. The minimum Gasteiger partial charge on any atom is -0.374 e. The quantitative estimate of drug-likeness (QED) is 0.770. The summed E-state index contributed by atoms with van der Waals surface area (Å²) in [6, 6.07) is 6.48. The summed E-state index contributed by atoms with van der Waals surface area (Å²) >= 11 is 5.77. The molecule has 1 fully saturated rings. The third-order valence-corrected chi connectivity index (χ3v) is 2.77. The minimum atomic E-state index is -1.29. The van der Waals surface area contributed by atoms with Crippen molar-refractivity contribution >= 4 is 29.2 Å². The van der Waals surface area contributed by atoms with Crippen LogP contribution in [0.3, 0.4) is 0 Å². The molecule has 1 aliphatic rings. The molecule has 2 atom stereocenters. The Hall–Kier alpha value is -1.63. The van der Waals surface area contributed by atoms with Crippen LogP contribution in [0.25, 0.3) is 0 Å². The Bertz CT molecular complexity index is 494. The van der Waals surface area contributed by atoms with E-state index in [2.05, 4.69) is 10.2 Å². The highest BCUT2D eigenvalue weighted by Crippen LogP contribution is 2.22. The highest BCUT2D eigenvalue weighted by Gasteiger charge is 2.45. The topological polar surface area (TPSA) is 78.9 Å². The normalized spacial score (nSPS) is 23.8. The predicted octanol–water partition coefficient (Wildman–Crippen LogP) is 0.617. The average Bonchev–Trinajstić information content (AvgIpc) is 2.53. The van der Waals surface area contributed by atoms with Crippen LogP contribution in [0.4, 0.5) is 5.69 Å². The fourth-order valence-corrected chi connectivity index (χ4v) is 1.80. The van der Waals surface area contributed by atoms with Gasteiger partial charge in [0.25, 0.3) is 0 Å². The molecule has 0 radical (unpaired) electrons. The molecule has 1 amide bonds. The Morgan fingerprint density at radius 1 is 1.56 bits per heavy atom. The maximum Gasteiger partial charge on any atom is 0.341 e. The number of nitrogens with zero attached hydrogens (tertiary/aromatic N) is 1. The molecule has 6 nitrogen and oxygen atoms in total. The van der Waals surface area contributed by atoms with Crippen LogP contribution in [0.5, 0.6) is 0 Å². The van der Waals surface area contributed by atoms with Gasteiger partial charge in [0, 0.05) is 17.8 Å². The number of nitrogens with one attached hydrogen (secondary N) is 1. The van der Waals surface area contributed by atoms with E-state index in [4.69, 9.17) is 11.6 Å². The molecule has 1 heterocycles. The van der Waals surface area contributed by atoms with Crippen molar-refractivity contribution in [3.63, 3.8) is 0 Å². The largest absolute Gasteiger partial charge is 0.374 e. The van der Waals surface area contributed by atoms with E-state index in [0.29, 0.717) is 10.7 Å². The lowest BCUT2D eigenvalue weighted by atomic mass is 10.1. The van der Waals surface area contributed by atoms with Crippen molar-refractivity contribution in [1.29, 1.82) is 0 Å². The predicted molar refractivity (Wildman–Crippen MR) is 63.4 cm³/mol. The average molecular weight is 271 g/mol. The molecule has 1 aromatic carbocycles. The number of hydrogen-bond donors (Lipinski definition) is 2. The maximum atomic E-state index is 11.9. The first-order valence-corrected chi connectivity index (χ1v) is 5.56. The molecule has 0 saturated carbocycles. The minimum absolute atomic E-state index is 0.446. The second-order valence-corrected chi connectivity index (χ2v) is 4.28. The van der Waals surface area contributed by atoms with Gasteiger partial charge >= 0.3 is 5.97 Å². The van der Waals surface area contributed by atoms with Crippen LogP contribution in [-0.4, -0.2) is 35.3 Å². The van der Waals surface area contributed by atoms with Crippen molar-refractivity contribution in [2.24, 2.45) is 5.92 Å². The number of aliphatic hydroxyl groups excluding tert-OH is 1. The van der Waals surface area contributed by atoms with Crippen LogP contribution in [0.2, 0.25) is 5.02 Å². The SMILES string of the molecule is CN1OC(=O)C(C(=O)Nc2cccc(Cl)c2)C1O. The smallest absolute Gasteiger partial charge is 0.341 e. The van der Waals surface area contributed by atoms with Gasteiger partial charge in [0.2, 0.25) is 5.91 Å². The van der Waals surface area contributed by atoms with E-state index in [9.17, 15) is 14.7 Å². The van der Waals surface area contributed by atoms with Crippen LogP contribution in [0.1, 0.15) is 0 Å². The van der Waals surface area contributed by atoms with E-state index >= 15 is 0 Å². The lowest BCUT2D eigenvalue weighted by Gasteiger charge is -2.13. The van der Waals surface area contributed by atoms with E-state index in [1.165, 1.54) is 13.1 Å². The molecule has 0 spiro atoms. The number of rotatable bonds is 2. The summed E-state index contributed by atoms with van der Waals surface area (Å²) in [5.41, 5.74) is 0.446. The number of amides is 1. The number of halogens is 1. The van der Waals surface area contributed by atoms with Gasteiger partial charge in [-0.15, -0.1) is 5.06 Å². The molecule has 1 saturated heterocycles. The fraction of sp³-hybridized carbons (Fsp3) is 0.273. The third-order valence-electron chi connectivity index (χ3n) is 2.53. The Labute approximate surface area is 108 Å². The summed E-state index contributed by atoms with van der Waals surface area (Å²) < 4.78 is 0. The van der Waals surface area contributed by atoms with Gasteiger partial charge in [-0.2, -0.15) is 0 Å². The Morgan fingerprint density at radius 3 is 2.83 bits per heavy atom. The van der Waals surface area contributed by atoms with E-state index in [-0.39, 0.29) is 0 Å². The standard InChI is InChI=1S/C11H11ClN2O4/c1-14-10(16)8(11(17)18-14)9(15)13-7-4-2-3-6(12)5-7/h2-5,8,10,16H,1H3,(H,13,15). The molecule has 2 unspecified atom stereocenters. The summed E-state index contributed by atoms with van der Waals surface area (Å²) in [6.07, 6.45) is -1.29. The fourth-order valence-electron chi connectivity index (χ4n) is 1.61. The number of carbonyl (C=O) groups is 2. The van der Waals surface area contributed by atoms with Gasteiger partial charge in [0.05, 0.1) is 0 Å². The molecule has 18 heavy (non-hydrogen) atoms. The number of anilines is 1. The summed E-state index contributed by atoms with van der Waals surface area (Å²) in [5.74, 6) is -2.70. The Morgan fingerprint density at radius 2 is 2.28 bits per heavy atom. The summed E-state index contributed by atoms with van der Waals surface area (Å²) in [6.45, 7) is 0. The zero-order valence-corrected chi connectivity index (χ0v) is 10.2. The first-order chi connectivity index (χ1) is 8.49. The summed E-state index contributed by atoms with van der Waals surface area (Å²) in [7, 11) is 1.37. The number of carbonyl (C=O) groups excluding carboxylic acids is 2.